The first-order valence-electron chi connectivity index (χ1n) is 7.88. The van der Waals surface area contributed by atoms with Crippen molar-refractivity contribution < 1.29 is 9.53 Å². The summed E-state index contributed by atoms with van der Waals surface area (Å²) in [5.41, 5.74) is 9.25. The van der Waals surface area contributed by atoms with Crippen LogP contribution in [0.2, 0.25) is 0 Å². The normalized spacial score (nSPS) is 13.1. The topological polar surface area (TPSA) is 55.6 Å². The molecule has 1 aliphatic rings. The molecule has 5 heteroatoms. The average molecular weight is 347 g/mol. The molecule has 128 valence electrons. The summed E-state index contributed by atoms with van der Waals surface area (Å²) in [5, 5.41) is 0. The minimum absolute atomic E-state index is 0. The van der Waals surface area contributed by atoms with Crippen LogP contribution >= 0.6 is 12.4 Å². The number of ether oxygens (including phenoxy) is 1. The first kappa shape index (κ1) is 18.1. The number of hydrogen-bond acceptors (Lipinski definition) is 3. The minimum Gasteiger partial charge on any atom is -0.497 e. The third kappa shape index (κ3) is 4.01. The number of methoxy groups -OCH3 is 1. The number of carbonyl (C=O) groups excluding carboxylic acids is 1. The predicted molar refractivity (Wildman–Crippen MR) is 98.7 cm³/mol. The van der Waals surface area contributed by atoms with Gasteiger partial charge < -0.3 is 15.4 Å². The van der Waals surface area contributed by atoms with Crippen LogP contribution < -0.4 is 10.5 Å². The number of benzene rings is 2. The monoisotopic (exact) mass is 346 g/mol. The first-order chi connectivity index (χ1) is 11.1. The standard InChI is InChI=1S/C19H22N2O2.ClH/c1-13-3-6-15(20)11-18(13)19(22)21(16-7-8-16)12-14-4-9-17(23-2)10-5-14;/h3-6,9-11,16H,7-8,12,20H2,1-2H3;1H. The largest absolute Gasteiger partial charge is 0.497 e. The number of carbonyl (C=O) groups is 1. The van der Waals surface area contributed by atoms with Gasteiger partial charge in [0.15, 0.2) is 0 Å². The molecule has 0 saturated heterocycles. The summed E-state index contributed by atoms with van der Waals surface area (Å²) >= 11 is 0. The number of aryl methyl sites for hydroxylation is 1. The zero-order valence-electron chi connectivity index (χ0n) is 14.0. The number of halogens is 1. The van der Waals surface area contributed by atoms with Gasteiger partial charge in [-0.05, 0) is 55.2 Å². The maximum atomic E-state index is 13.0. The lowest BCUT2D eigenvalue weighted by atomic mass is 10.1. The zero-order valence-corrected chi connectivity index (χ0v) is 14.8. The molecule has 0 aliphatic heterocycles. The van der Waals surface area contributed by atoms with Crippen LogP contribution in [0.3, 0.4) is 0 Å². The maximum Gasteiger partial charge on any atom is 0.254 e. The van der Waals surface area contributed by atoms with Gasteiger partial charge in [-0.1, -0.05) is 18.2 Å². The predicted octanol–water partition coefficient (Wildman–Crippen LogP) is 3.81. The van der Waals surface area contributed by atoms with E-state index in [0.717, 1.165) is 29.7 Å². The van der Waals surface area contributed by atoms with Crippen LogP contribution in [0.5, 0.6) is 5.75 Å². The van der Waals surface area contributed by atoms with Crippen molar-refractivity contribution in [1.82, 2.24) is 4.90 Å². The smallest absolute Gasteiger partial charge is 0.254 e. The molecule has 0 spiro atoms. The molecule has 0 atom stereocenters. The molecule has 0 bridgehead atoms. The molecule has 1 fully saturated rings. The molecule has 0 radical (unpaired) electrons. The molecule has 3 rings (SSSR count). The van der Waals surface area contributed by atoms with E-state index in [1.54, 1.807) is 13.2 Å². The van der Waals surface area contributed by atoms with Crippen molar-refractivity contribution in [1.29, 1.82) is 0 Å². The van der Waals surface area contributed by atoms with E-state index < -0.39 is 0 Å². The lowest BCUT2D eigenvalue weighted by molar-refractivity contribution is 0.0729. The van der Waals surface area contributed by atoms with Crippen molar-refractivity contribution in [3.63, 3.8) is 0 Å². The van der Waals surface area contributed by atoms with E-state index in [9.17, 15) is 4.79 Å². The lowest BCUT2D eigenvalue weighted by Gasteiger charge is -2.24. The Balaban J connectivity index is 0.00000208. The Hall–Kier alpha value is -2.20. The van der Waals surface area contributed by atoms with E-state index in [2.05, 4.69) is 0 Å². The van der Waals surface area contributed by atoms with Crippen LogP contribution in [-0.2, 0) is 6.54 Å². The molecule has 4 nitrogen and oxygen atoms in total. The summed E-state index contributed by atoms with van der Waals surface area (Å²) in [5.74, 6) is 0.887. The van der Waals surface area contributed by atoms with Gasteiger partial charge in [0.25, 0.3) is 5.91 Å². The van der Waals surface area contributed by atoms with Gasteiger partial charge in [-0.3, -0.25) is 4.79 Å². The highest BCUT2D eigenvalue weighted by Crippen LogP contribution is 2.31. The van der Waals surface area contributed by atoms with Gasteiger partial charge >= 0.3 is 0 Å². The van der Waals surface area contributed by atoms with Gasteiger partial charge in [0.2, 0.25) is 0 Å². The Morgan fingerprint density at radius 3 is 2.46 bits per heavy atom. The lowest BCUT2D eigenvalue weighted by Crippen LogP contribution is -2.33. The molecule has 24 heavy (non-hydrogen) atoms. The number of nitrogens with zero attached hydrogens (tertiary/aromatic N) is 1. The van der Waals surface area contributed by atoms with E-state index in [1.807, 2.05) is 48.2 Å². The second-order valence-electron chi connectivity index (χ2n) is 6.09. The van der Waals surface area contributed by atoms with Gasteiger partial charge in [-0.25, -0.2) is 0 Å². The minimum atomic E-state index is 0. The maximum absolute atomic E-state index is 13.0. The molecule has 2 N–H and O–H groups in total. The number of anilines is 1. The van der Waals surface area contributed by atoms with Crippen molar-refractivity contribution >= 4 is 24.0 Å². The number of rotatable bonds is 5. The molecular formula is C19H23ClN2O2. The Morgan fingerprint density at radius 1 is 1.21 bits per heavy atom. The Bertz CT molecular complexity index is 712. The van der Waals surface area contributed by atoms with E-state index in [1.165, 1.54) is 0 Å². The van der Waals surface area contributed by atoms with Gasteiger partial charge in [0.05, 0.1) is 7.11 Å². The van der Waals surface area contributed by atoms with Gasteiger partial charge in [-0.2, -0.15) is 0 Å². The van der Waals surface area contributed by atoms with Crippen molar-refractivity contribution in [2.75, 3.05) is 12.8 Å². The summed E-state index contributed by atoms with van der Waals surface area (Å²) in [6.45, 7) is 2.56. The van der Waals surface area contributed by atoms with Crippen LogP contribution in [0, 0.1) is 6.92 Å². The number of amides is 1. The molecule has 1 amide bonds. The summed E-state index contributed by atoms with van der Waals surface area (Å²) < 4.78 is 5.19. The zero-order chi connectivity index (χ0) is 16.4. The number of nitrogens with two attached hydrogens (primary N) is 1. The van der Waals surface area contributed by atoms with Gasteiger partial charge in [0.1, 0.15) is 5.75 Å². The highest BCUT2D eigenvalue weighted by atomic mass is 35.5. The Kier molecular flexibility index (Phi) is 5.73. The third-order valence-electron chi connectivity index (χ3n) is 4.25. The van der Waals surface area contributed by atoms with Gasteiger partial charge in [0, 0.05) is 23.8 Å². The fraction of sp³-hybridized carbons (Fsp3) is 0.316. The van der Waals surface area contributed by atoms with Crippen molar-refractivity contribution in [3.8, 4) is 5.75 Å². The highest BCUT2D eigenvalue weighted by Gasteiger charge is 2.33. The summed E-state index contributed by atoms with van der Waals surface area (Å²) in [4.78, 5) is 14.9. The van der Waals surface area contributed by atoms with Crippen LogP contribution in [0.1, 0.15) is 34.3 Å². The summed E-state index contributed by atoms with van der Waals surface area (Å²) in [7, 11) is 1.65. The quantitative estimate of drug-likeness (QED) is 0.837. The van der Waals surface area contributed by atoms with Crippen LogP contribution in [0.4, 0.5) is 5.69 Å². The molecule has 0 unspecified atom stereocenters. The highest BCUT2D eigenvalue weighted by molar-refractivity contribution is 5.96. The molecule has 1 saturated carbocycles. The van der Waals surface area contributed by atoms with Crippen molar-refractivity contribution in [2.24, 2.45) is 0 Å². The van der Waals surface area contributed by atoms with E-state index in [-0.39, 0.29) is 18.3 Å². The molecule has 0 heterocycles. The molecule has 0 aromatic heterocycles. The fourth-order valence-electron chi connectivity index (χ4n) is 2.71. The van der Waals surface area contributed by atoms with E-state index in [0.29, 0.717) is 23.8 Å². The molecule has 2 aromatic rings. The van der Waals surface area contributed by atoms with E-state index in [4.69, 9.17) is 10.5 Å². The van der Waals surface area contributed by atoms with Gasteiger partial charge in [-0.15, -0.1) is 12.4 Å². The van der Waals surface area contributed by atoms with Crippen LogP contribution in [-0.4, -0.2) is 24.0 Å². The van der Waals surface area contributed by atoms with Crippen molar-refractivity contribution in [3.05, 3.63) is 59.2 Å². The van der Waals surface area contributed by atoms with E-state index >= 15 is 0 Å². The summed E-state index contributed by atoms with van der Waals surface area (Å²) in [6.07, 6.45) is 2.15. The third-order valence-corrected chi connectivity index (χ3v) is 4.25. The Morgan fingerprint density at radius 2 is 1.88 bits per heavy atom. The summed E-state index contributed by atoms with van der Waals surface area (Å²) in [6, 6.07) is 13.7. The molecule has 2 aromatic carbocycles. The van der Waals surface area contributed by atoms with Crippen molar-refractivity contribution in [2.45, 2.75) is 32.4 Å². The molecule has 1 aliphatic carbocycles. The van der Waals surface area contributed by atoms with Crippen LogP contribution in [0.15, 0.2) is 42.5 Å². The van der Waals surface area contributed by atoms with Crippen LogP contribution in [0.25, 0.3) is 0 Å². The Labute approximate surface area is 149 Å². The second-order valence-corrected chi connectivity index (χ2v) is 6.09. The first-order valence-corrected chi connectivity index (χ1v) is 7.88. The number of hydrogen-bond donors (Lipinski definition) is 1. The molecular weight excluding hydrogens is 324 g/mol. The number of nitrogen functional groups attached to an aromatic ring is 1. The second kappa shape index (κ2) is 7.58. The SMILES string of the molecule is COc1ccc(CN(C(=O)c2cc(N)ccc2C)C2CC2)cc1.Cl. The average Bonchev–Trinajstić information content (AvgIpc) is 3.39. The fourth-order valence-corrected chi connectivity index (χ4v) is 2.71.